The minimum atomic E-state index is 0.0907. The number of amides is 1. The maximum Gasteiger partial charge on any atom is 0.220 e. The number of aromatic amines is 1. The molecule has 0 unspecified atom stereocenters. The van der Waals surface area contributed by atoms with Crippen LogP contribution in [-0.2, 0) is 11.2 Å². The van der Waals surface area contributed by atoms with Gasteiger partial charge in [-0.15, -0.1) is 0 Å². The Morgan fingerprint density at radius 3 is 2.76 bits per heavy atom. The molecule has 5 heteroatoms. The molecule has 2 N–H and O–H groups in total. The van der Waals surface area contributed by atoms with Crippen LogP contribution in [0.15, 0.2) is 36.5 Å². The van der Waals surface area contributed by atoms with Gasteiger partial charge in [0.1, 0.15) is 0 Å². The molecular formula is C20H26N4O. The van der Waals surface area contributed by atoms with E-state index in [2.05, 4.69) is 52.2 Å². The van der Waals surface area contributed by atoms with E-state index in [1.54, 1.807) is 0 Å². The molecule has 1 aromatic carbocycles. The number of fused-ring (bicyclic) bond motifs is 3. The number of likely N-dealkylation sites (N-methyl/N-ethyl adjacent to an activating group) is 1. The van der Waals surface area contributed by atoms with Gasteiger partial charge in [-0.1, -0.05) is 32.0 Å². The zero-order valence-corrected chi connectivity index (χ0v) is 15.0. The molecule has 132 valence electrons. The molecule has 2 aromatic heterocycles. The van der Waals surface area contributed by atoms with Crippen molar-refractivity contribution < 1.29 is 4.79 Å². The fourth-order valence-electron chi connectivity index (χ4n) is 3.15. The minimum Gasteiger partial charge on any atom is -0.355 e. The lowest BCUT2D eigenvalue weighted by Crippen LogP contribution is -2.34. The van der Waals surface area contributed by atoms with Gasteiger partial charge in [-0.3, -0.25) is 9.78 Å². The largest absolute Gasteiger partial charge is 0.355 e. The Labute approximate surface area is 148 Å². The van der Waals surface area contributed by atoms with Gasteiger partial charge in [-0.2, -0.15) is 0 Å². The number of rotatable bonds is 8. The van der Waals surface area contributed by atoms with Crippen LogP contribution in [-0.4, -0.2) is 47.0 Å². The monoisotopic (exact) mass is 338 g/mol. The van der Waals surface area contributed by atoms with Crippen molar-refractivity contribution in [3.63, 3.8) is 0 Å². The van der Waals surface area contributed by atoms with Gasteiger partial charge in [0.2, 0.25) is 5.91 Å². The third kappa shape index (κ3) is 4.17. The van der Waals surface area contributed by atoms with Crippen LogP contribution in [0, 0.1) is 0 Å². The van der Waals surface area contributed by atoms with E-state index in [1.807, 2.05) is 18.3 Å². The summed E-state index contributed by atoms with van der Waals surface area (Å²) in [6.45, 7) is 7.91. The highest BCUT2D eigenvalue weighted by Gasteiger charge is 2.08. The van der Waals surface area contributed by atoms with Crippen LogP contribution in [0.4, 0.5) is 0 Å². The molecule has 0 bridgehead atoms. The van der Waals surface area contributed by atoms with E-state index < -0.39 is 0 Å². The highest BCUT2D eigenvalue weighted by Crippen LogP contribution is 2.25. The van der Waals surface area contributed by atoms with E-state index in [0.29, 0.717) is 19.4 Å². The van der Waals surface area contributed by atoms with E-state index in [0.717, 1.165) is 36.4 Å². The van der Waals surface area contributed by atoms with Crippen LogP contribution in [0.5, 0.6) is 0 Å². The summed E-state index contributed by atoms with van der Waals surface area (Å²) in [5, 5.41) is 5.37. The number of carbonyl (C=O) groups is 1. The zero-order chi connectivity index (χ0) is 17.6. The third-order valence-corrected chi connectivity index (χ3v) is 4.70. The lowest BCUT2D eigenvalue weighted by atomic mass is 10.1. The molecule has 0 saturated heterocycles. The first-order chi connectivity index (χ1) is 12.2. The Bertz CT molecular complexity index is 851. The van der Waals surface area contributed by atoms with E-state index in [4.69, 9.17) is 0 Å². The van der Waals surface area contributed by atoms with E-state index >= 15 is 0 Å². The molecule has 0 spiro atoms. The van der Waals surface area contributed by atoms with Gasteiger partial charge in [0, 0.05) is 41.5 Å². The first-order valence-corrected chi connectivity index (χ1v) is 9.05. The number of aromatic nitrogens is 2. The molecule has 0 aliphatic heterocycles. The Hall–Kier alpha value is -2.40. The summed E-state index contributed by atoms with van der Waals surface area (Å²) in [6.07, 6.45) is 2.99. The summed E-state index contributed by atoms with van der Waals surface area (Å²) in [5.41, 5.74) is 3.11. The van der Waals surface area contributed by atoms with Crippen LogP contribution in [0.2, 0.25) is 0 Å². The van der Waals surface area contributed by atoms with E-state index in [-0.39, 0.29) is 5.91 Å². The topological polar surface area (TPSA) is 61.0 Å². The standard InChI is InChI=1S/C20H26N4O/c1-3-24(4-2)12-11-21-20(25)10-9-15-13-17-16-7-5-6-8-18(16)23-19(17)14-22-15/h5-8,13-14,23H,3-4,9-12H2,1-2H3,(H,21,25). The van der Waals surface area contributed by atoms with Gasteiger partial charge in [0.05, 0.1) is 11.7 Å². The second kappa shape index (κ2) is 8.12. The molecule has 0 radical (unpaired) electrons. The van der Waals surface area contributed by atoms with Crippen molar-refractivity contribution in [2.24, 2.45) is 0 Å². The number of benzene rings is 1. The second-order valence-electron chi connectivity index (χ2n) is 6.27. The minimum absolute atomic E-state index is 0.0907. The molecule has 25 heavy (non-hydrogen) atoms. The van der Waals surface area contributed by atoms with Crippen LogP contribution in [0.1, 0.15) is 26.0 Å². The molecule has 0 fully saturated rings. The summed E-state index contributed by atoms with van der Waals surface area (Å²) in [6, 6.07) is 10.3. The van der Waals surface area contributed by atoms with Crippen molar-refractivity contribution in [3.8, 4) is 0 Å². The summed E-state index contributed by atoms with van der Waals surface area (Å²) < 4.78 is 0. The molecule has 1 amide bonds. The van der Waals surface area contributed by atoms with Crippen molar-refractivity contribution in [1.82, 2.24) is 20.2 Å². The molecule has 0 atom stereocenters. The first kappa shape index (κ1) is 17.4. The maximum absolute atomic E-state index is 12.0. The number of para-hydroxylation sites is 1. The van der Waals surface area contributed by atoms with Gasteiger partial charge >= 0.3 is 0 Å². The maximum atomic E-state index is 12.0. The van der Waals surface area contributed by atoms with Crippen molar-refractivity contribution in [2.45, 2.75) is 26.7 Å². The number of hydrogen-bond acceptors (Lipinski definition) is 3. The Morgan fingerprint density at radius 1 is 1.16 bits per heavy atom. The average molecular weight is 338 g/mol. The lowest BCUT2D eigenvalue weighted by molar-refractivity contribution is -0.121. The molecule has 3 rings (SSSR count). The smallest absolute Gasteiger partial charge is 0.220 e. The highest BCUT2D eigenvalue weighted by atomic mass is 16.1. The predicted octanol–water partition coefficient (Wildman–Crippen LogP) is 3.11. The van der Waals surface area contributed by atoms with Gasteiger partial charge < -0.3 is 15.2 Å². The SMILES string of the molecule is CCN(CC)CCNC(=O)CCc1cc2c(cn1)[nH]c1ccccc12. The average Bonchev–Trinajstić information content (AvgIpc) is 3.01. The summed E-state index contributed by atoms with van der Waals surface area (Å²) in [4.78, 5) is 22.2. The third-order valence-electron chi connectivity index (χ3n) is 4.70. The molecule has 0 aliphatic rings. The molecule has 0 saturated carbocycles. The van der Waals surface area contributed by atoms with Crippen molar-refractivity contribution in [1.29, 1.82) is 0 Å². The number of nitrogens with zero attached hydrogens (tertiary/aromatic N) is 2. The number of nitrogens with one attached hydrogen (secondary N) is 2. The van der Waals surface area contributed by atoms with Crippen LogP contribution in [0.25, 0.3) is 21.8 Å². The number of aryl methyl sites for hydroxylation is 1. The summed E-state index contributed by atoms with van der Waals surface area (Å²) in [5.74, 6) is 0.0907. The van der Waals surface area contributed by atoms with Gasteiger partial charge in [0.25, 0.3) is 0 Å². The fourth-order valence-corrected chi connectivity index (χ4v) is 3.15. The van der Waals surface area contributed by atoms with Crippen molar-refractivity contribution >= 4 is 27.7 Å². The molecule has 2 heterocycles. The van der Waals surface area contributed by atoms with Crippen molar-refractivity contribution in [2.75, 3.05) is 26.2 Å². The van der Waals surface area contributed by atoms with Crippen LogP contribution in [0.3, 0.4) is 0 Å². The number of carbonyl (C=O) groups excluding carboxylic acids is 1. The number of hydrogen-bond donors (Lipinski definition) is 2. The number of pyridine rings is 1. The Balaban J connectivity index is 1.58. The first-order valence-electron chi connectivity index (χ1n) is 9.05. The molecular weight excluding hydrogens is 312 g/mol. The van der Waals surface area contributed by atoms with Gasteiger partial charge in [-0.25, -0.2) is 0 Å². The molecule has 0 aliphatic carbocycles. The quantitative estimate of drug-likeness (QED) is 0.663. The van der Waals surface area contributed by atoms with E-state index in [9.17, 15) is 4.79 Å². The lowest BCUT2D eigenvalue weighted by Gasteiger charge is -2.17. The second-order valence-corrected chi connectivity index (χ2v) is 6.27. The van der Waals surface area contributed by atoms with Crippen LogP contribution < -0.4 is 5.32 Å². The van der Waals surface area contributed by atoms with Crippen molar-refractivity contribution in [3.05, 3.63) is 42.2 Å². The van der Waals surface area contributed by atoms with Gasteiger partial charge in [-0.05, 0) is 31.6 Å². The molecule has 3 aromatic rings. The highest BCUT2D eigenvalue weighted by molar-refractivity contribution is 6.06. The van der Waals surface area contributed by atoms with E-state index in [1.165, 1.54) is 10.8 Å². The zero-order valence-electron chi connectivity index (χ0n) is 15.0. The predicted molar refractivity (Wildman–Crippen MR) is 103 cm³/mol. The van der Waals surface area contributed by atoms with Crippen LogP contribution >= 0.6 is 0 Å². The summed E-state index contributed by atoms with van der Waals surface area (Å²) in [7, 11) is 0. The Kier molecular flexibility index (Phi) is 5.66. The summed E-state index contributed by atoms with van der Waals surface area (Å²) >= 11 is 0. The van der Waals surface area contributed by atoms with Gasteiger partial charge in [0.15, 0.2) is 0 Å². The Morgan fingerprint density at radius 2 is 1.96 bits per heavy atom. The normalized spacial score (nSPS) is 11.5. The number of H-pyrrole nitrogens is 1. The molecule has 5 nitrogen and oxygen atoms in total. The fraction of sp³-hybridized carbons (Fsp3) is 0.400.